The van der Waals surface area contributed by atoms with Crippen molar-refractivity contribution in [3.05, 3.63) is 0 Å². The molecule has 0 radical (unpaired) electrons. The Balaban J connectivity index is 4.60. The number of amides is 4. The van der Waals surface area contributed by atoms with E-state index in [0.29, 0.717) is 0 Å². The number of likely N-dealkylation sites (N-methyl/N-ethyl adjacent to an activating group) is 4. The number of ketones is 1. The van der Waals surface area contributed by atoms with Crippen molar-refractivity contribution in [1.29, 1.82) is 0 Å². The first-order valence-electron chi connectivity index (χ1n) is 9.27. The highest BCUT2D eigenvalue weighted by atomic mass is 16.2. The first kappa shape index (κ1) is 25.6. The quantitative estimate of drug-likeness (QED) is 0.503. The third-order valence-electron chi connectivity index (χ3n) is 4.30. The fraction of sp³-hybridized carbons (Fsp3) is 0.737. The second kappa shape index (κ2) is 11.4. The summed E-state index contributed by atoms with van der Waals surface area (Å²) >= 11 is 0. The zero-order valence-corrected chi connectivity index (χ0v) is 18.3. The summed E-state index contributed by atoms with van der Waals surface area (Å²) in [5.41, 5.74) is 0. The second-order valence-electron chi connectivity index (χ2n) is 7.72. The number of Topliss-reactive ketones (excluding diaryl/α,β-unsaturated/α-hetero) is 1. The van der Waals surface area contributed by atoms with Crippen LogP contribution in [0.15, 0.2) is 0 Å². The minimum absolute atomic E-state index is 0.00681. The summed E-state index contributed by atoms with van der Waals surface area (Å²) in [4.78, 5) is 65.3. The molecule has 0 saturated heterocycles. The molecule has 0 saturated carbocycles. The van der Waals surface area contributed by atoms with E-state index in [2.05, 4.69) is 0 Å². The highest BCUT2D eigenvalue weighted by molar-refractivity contribution is 5.91. The Labute approximate surface area is 167 Å². The third-order valence-corrected chi connectivity index (χ3v) is 4.30. The Morgan fingerprint density at radius 2 is 0.857 bits per heavy atom. The molecule has 28 heavy (non-hydrogen) atoms. The van der Waals surface area contributed by atoms with Crippen molar-refractivity contribution < 1.29 is 24.0 Å². The van der Waals surface area contributed by atoms with Crippen LogP contribution in [-0.2, 0) is 24.0 Å². The van der Waals surface area contributed by atoms with Crippen LogP contribution in [0, 0.1) is 11.8 Å². The average Bonchev–Trinajstić information content (AvgIpc) is 2.59. The Morgan fingerprint density at radius 1 is 0.536 bits per heavy atom. The number of hydrogen-bond acceptors (Lipinski definition) is 5. The van der Waals surface area contributed by atoms with Crippen molar-refractivity contribution in [2.45, 2.75) is 27.7 Å². The van der Waals surface area contributed by atoms with Crippen LogP contribution in [-0.4, -0.2) is 103 Å². The van der Waals surface area contributed by atoms with Gasteiger partial charge in [-0.1, -0.05) is 27.7 Å². The van der Waals surface area contributed by atoms with Crippen molar-refractivity contribution >= 4 is 29.4 Å². The third kappa shape index (κ3) is 8.49. The molecule has 0 aliphatic carbocycles. The van der Waals surface area contributed by atoms with E-state index in [-0.39, 0.29) is 61.5 Å². The molecule has 0 atom stereocenters. The van der Waals surface area contributed by atoms with Gasteiger partial charge in [0.2, 0.25) is 23.6 Å². The number of carbonyl (C=O) groups is 5. The van der Waals surface area contributed by atoms with Gasteiger partial charge in [-0.25, -0.2) is 0 Å². The lowest BCUT2D eigenvalue weighted by Gasteiger charge is -2.26. The van der Waals surface area contributed by atoms with Gasteiger partial charge in [0.05, 0.1) is 26.2 Å². The Morgan fingerprint density at radius 3 is 1.18 bits per heavy atom. The number of carbonyl (C=O) groups excluding carboxylic acids is 5. The molecule has 9 nitrogen and oxygen atoms in total. The fourth-order valence-electron chi connectivity index (χ4n) is 2.17. The molecule has 0 fully saturated rings. The normalized spacial score (nSPS) is 10.6. The highest BCUT2D eigenvalue weighted by Crippen LogP contribution is 2.01. The van der Waals surface area contributed by atoms with E-state index in [9.17, 15) is 24.0 Å². The standard InChI is InChI=1S/C19H34N4O5/c1-13(2)15(24)9-20(5)16(25)10-21(6)17(26)11-22(7)18(27)12-23(8)19(28)14(3)4/h13-14H,9-12H2,1-8H3. The minimum atomic E-state index is -0.411. The van der Waals surface area contributed by atoms with E-state index < -0.39 is 5.91 Å². The summed E-state index contributed by atoms with van der Waals surface area (Å²) in [7, 11) is 5.98. The molecule has 4 amide bonds. The van der Waals surface area contributed by atoms with Crippen molar-refractivity contribution in [3.63, 3.8) is 0 Å². The highest BCUT2D eigenvalue weighted by Gasteiger charge is 2.23. The number of hydrogen-bond donors (Lipinski definition) is 0. The maximum Gasteiger partial charge on any atom is 0.242 e. The van der Waals surface area contributed by atoms with Gasteiger partial charge >= 0.3 is 0 Å². The van der Waals surface area contributed by atoms with Crippen molar-refractivity contribution in [2.75, 3.05) is 54.4 Å². The van der Waals surface area contributed by atoms with Gasteiger partial charge in [-0.2, -0.15) is 0 Å². The summed E-state index contributed by atoms with van der Waals surface area (Å²) < 4.78 is 0. The Bertz CT molecular complexity index is 603. The predicted molar refractivity (Wildman–Crippen MR) is 105 cm³/mol. The van der Waals surface area contributed by atoms with Crippen LogP contribution in [0.5, 0.6) is 0 Å². The summed E-state index contributed by atoms with van der Waals surface area (Å²) in [6.45, 7) is 6.49. The van der Waals surface area contributed by atoms with Crippen LogP contribution in [0.4, 0.5) is 0 Å². The summed E-state index contributed by atoms with van der Waals surface area (Å²) in [6.07, 6.45) is 0. The van der Waals surface area contributed by atoms with Crippen LogP contribution in [0.2, 0.25) is 0 Å². The van der Waals surface area contributed by atoms with E-state index >= 15 is 0 Å². The van der Waals surface area contributed by atoms with Crippen LogP contribution < -0.4 is 0 Å². The van der Waals surface area contributed by atoms with Crippen molar-refractivity contribution in [3.8, 4) is 0 Å². The molecule has 9 heteroatoms. The SMILES string of the molecule is CC(C)C(=O)CN(C)C(=O)CN(C)C(=O)CN(C)C(=O)CN(C)C(=O)C(C)C. The lowest BCUT2D eigenvalue weighted by Crippen LogP contribution is -2.47. The predicted octanol–water partition coefficient (Wildman–Crippen LogP) is -0.299. The van der Waals surface area contributed by atoms with Gasteiger partial charge in [0.1, 0.15) is 0 Å². The van der Waals surface area contributed by atoms with Crippen molar-refractivity contribution in [2.24, 2.45) is 11.8 Å². The summed E-state index contributed by atoms with van der Waals surface area (Å²) in [5, 5.41) is 0. The van der Waals surface area contributed by atoms with E-state index in [1.54, 1.807) is 27.7 Å². The molecular formula is C19H34N4O5. The van der Waals surface area contributed by atoms with Gasteiger partial charge in [-0.05, 0) is 0 Å². The second-order valence-corrected chi connectivity index (χ2v) is 7.72. The Kier molecular flexibility index (Phi) is 10.4. The van der Waals surface area contributed by atoms with Gasteiger partial charge in [-0.15, -0.1) is 0 Å². The molecule has 0 unspecified atom stereocenters. The molecule has 0 heterocycles. The molecule has 0 aliphatic heterocycles. The minimum Gasteiger partial charge on any atom is -0.337 e. The van der Waals surface area contributed by atoms with Crippen LogP contribution in [0.3, 0.4) is 0 Å². The average molecular weight is 399 g/mol. The zero-order valence-electron chi connectivity index (χ0n) is 18.3. The monoisotopic (exact) mass is 398 g/mol. The molecule has 0 aromatic rings. The fourth-order valence-corrected chi connectivity index (χ4v) is 2.17. The van der Waals surface area contributed by atoms with Crippen LogP contribution in [0.1, 0.15) is 27.7 Å². The largest absolute Gasteiger partial charge is 0.337 e. The first-order valence-corrected chi connectivity index (χ1v) is 9.27. The zero-order chi connectivity index (χ0) is 22.2. The van der Waals surface area contributed by atoms with Crippen molar-refractivity contribution in [1.82, 2.24) is 19.6 Å². The molecule has 0 aromatic carbocycles. The van der Waals surface area contributed by atoms with Gasteiger partial charge in [0.15, 0.2) is 5.78 Å². The maximum atomic E-state index is 12.3. The number of rotatable bonds is 10. The van der Waals surface area contributed by atoms with Gasteiger partial charge in [0, 0.05) is 40.0 Å². The molecule has 0 N–H and O–H groups in total. The lowest BCUT2D eigenvalue weighted by atomic mass is 10.1. The maximum absolute atomic E-state index is 12.3. The lowest BCUT2D eigenvalue weighted by molar-refractivity contribution is -0.144. The number of nitrogens with zero attached hydrogens (tertiary/aromatic N) is 4. The molecule has 0 bridgehead atoms. The first-order chi connectivity index (χ1) is 12.8. The molecule has 0 aromatic heterocycles. The summed E-state index contributed by atoms with van der Waals surface area (Å²) in [5.74, 6) is -1.75. The molecule has 0 spiro atoms. The van der Waals surface area contributed by atoms with E-state index in [1.807, 2.05) is 0 Å². The molecule has 0 aliphatic rings. The van der Waals surface area contributed by atoms with E-state index in [4.69, 9.17) is 0 Å². The van der Waals surface area contributed by atoms with Gasteiger partial charge in [0.25, 0.3) is 0 Å². The molecule has 0 rings (SSSR count). The van der Waals surface area contributed by atoms with Crippen LogP contribution >= 0.6 is 0 Å². The molecule has 160 valence electrons. The van der Waals surface area contributed by atoms with E-state index in [0.717, 1.165) is 0 Å². The Hall–Kier alpha value is -2.45. The summed E-state index contributed by atoms with van der Waals surface area (Å²) in [6, 6.07) is 0. The van der Waals surface area contributed by atoms with Gasteiger partial charge < -0.3 is 19.6 Å². The smallest absolute Gasteiger partial charge is 0.242 e. The molecular weight excluding hydrogens is 364 g/mol. The topological polar surface area (TPSA) is 98.3 Å². The van der Waals surface area contributed by atoms with Gasteiger partial charge in [-0.3, -0.25) is 24.0 Å². The van der Waals surface area contributed by atoms with E-state index in [1.165, 1.54) is 47.8 Å². The van der Waals surface area contributed by atoms with Crippen LogP contribution in [0.25, 0.3) is 0 Å².